The third kappa shape index (κ3) is 2.79. The number of anilines is 1. The molecule has 1 aromatic carbocycles. The number of halogens is 2. The first kappa shape index (κ1) is 12.0. The maximum Gasteiger partial charge on any atom is 0.220 e. The molecule has 0 saturated carbocycles. The van der Waals surface area contributed by atoms with Crippen LogP contribution in [0.3, 0.4) is 0 Å². The standard InChI is InChI=1S/C12H11BrFN3/c1-7(14)10-6-11(17-12(15)16-10)8-2-4-9(13)5-3-8/h2-7H,1H3,(H2,15,16,17)/t7-/m1/s1. The fourth-order valence-corrected chi connectivity index (χ4v) is 1.72. The van der Waals surface area contributed by atoms with E-state index in [-0.39, 0.29) is 5.95 Å². The molecule has 0 radical (unpaired) electrons. The van der Waals surface area contributed by atoms with E-state index >= 15 is 0 Å². The van der Waals surface area contributed by atoms with E-state index in [2.05, 4.69) is 25.9 Å². The maximum atomic E-state index is 13.2. The Kier molecular flexibility index (Phi) is 3.38. The molecule has 2 N–H and O–H groups in total. The number of benzene rings is 1. The van der Waals surface area contributed by atoms with Gasteiger partial charge < -0.3 is 5.73 Å². The number of hydrogen-bond acceptors (Lipinski definition) is 3. The summed E-state index contributed by atoms with van der Waals surface area (Å²) >= 11 is 3.35. The van der Waals surface area contributed by atoms with Gasteiger partial charge in [-0.2, -0.15) is 0 Å². The van der Waals surface area contributed by atoms with Gasteiger partial charge in [0.1, 0.15) is 6.17 Å². The number of hydrogen-bond donors (Lipinski definition) is 1. The number of aromatic nitrogens is 2. The molecule has 5 heteroatoms. The van der Waals surface area contributed by atoms with E-state index in [4.69, 9.17) is 5.73 Å². The Balaban J connectivity index is 2.48. The Morgan fingerprint density at radius 1 is 1.24 bits per heavy atom. The summed E-state index contributed by atoms with van der Waals surface area (Å²) < 4.78 is 14.2. The van der Waals surface area contributed by atoms with Crippen LogP contribution in [0.4, 0.5) is 10.3 Å². The Hall–Kier alpha value is -1.49. The van der Waals surface area contributed by atoms with Gasteiger partial charge in [-0.3, -0.25) is 0 Å². The highest BCUT2D eigenvalue weighted by molar-refractivity contribution is 9.10. The van der Waals surface area contributed by atoms with Crippen molar-refractivity contribution in [2.24, 2.45) is 0 Å². The average Bonchev–Trinajstić information content (AvgIpc) is 2.29. The second-order valence-electron chi connectivity index (χ2n) is 3.66. The molecule has 0 fully saturated rings. The fraction of sp³-hybridized carbons (Fsp3) is 0.167. The molecule has 0 saturated heterocycles. The molecular weight excluding hydrogens is 285 g/mol. The number of rotatable bonds is 2. The Labute approximate surface area is 107 Å². The SMILES string of the molecule is C[C@@H](F)c1cc(-c2ccc(Br)cc2)nc(N)n1. The van der Waals surface area contributed by atoms with Gasteiger partial charge in [0, 0.05) is 10.0 Å². The van der Waals surface area contributed by atoms with Crippen LogP contribution < -0.4 is 5.73 Å². The zero-order valence-electron chi connectivity index (χ0n) is 9.19. The van der Waals surface area contributed by atoms with E-state index in [1.54, 1.807) is 6.07 Å². The topological polar surface area (TPSA) is 51.8 Å². The average molecular weight is 296 g/mol. The summed E-state index contributed by atoms with van der Waals surface area (Å²) in [5, 5.41) is 0. The smallest absolute Gasteiger partial charge is 0.220 e. The van der Waals surface area contributed by atoms with Crippen molar-refractivity contribution < 1.29 is 4.39 Å². The molecule has 0 bridgehead atoms. The molecular formula is C12H11BrFN3. The highest BCUT2D eigenvalue weighted by Crippen LogP contribution is 2.24. The summed E-state index contributed by atoms with van der Waals surface area (Å²) in [7, 11) is 0. The van der Waals surface area contributed by atoms with Gasteiger partial charge in [-0.05, 0) is 25.1 Å². The van der Waals surface area contributed by atoms with Crippen molar-refractivity contribution in [2.45, 2.75) is 13.1 Å². The predicted octanol–water partition coefficient (Wildman–Crippen LogP) is 3.52. The normalized spacial score (nSPS) is 12.4. The van der Waals surface area contributed by atoms with Crippen LogP contribution in [0.5, 0.6) is 0 Å². The van der Waals surface area contributed by atoms with Gasteiger partial charge in [-0.15, -0.1) is 0 Å². The zero-order valence-corrected chi connectivity index (χ0v) is 10.8. The van der Waals surface area contributed by atoms with E-state index < -0.39 is 6.17 Å². The third-order valence-electron chi connectivity index (χ3n) is 2.31. The van der Waals surface area contributed by atoms with Crippen LogP contribution >= 0.6 is 15.9 Å². The second-order valence-corrected chi connectivity index (χ2v) is 4.57. The highest BCUT2D eigenvalue weighted by Gasteiger charge is 2.09. The Bertz CT molecular complexity index is 526. The van der Waals surface area contributed by atoms with Gasteiger partial charge in [0.15, 0.2) is 0 Å². The van der Waals surface area contributed by atoms with Crippen LogP contribution in [0, 0.1) is 0 Å². The van der Waals surface area contributed by atoms with Crippen molar-refractivity contribution in [3.63, 3.8) is 0 Å². The molecule has 2 rings (SSSR count). The molecule has 0 unspecified atom stereocenters. The zero-order chi connectivity index (χ0) is 12.4. The Morgan fingerprint density at radius 3 is 2.47 bits per heavy atom. The first-order chi connectivity index (χ1) is 8.06. The first-order valence-corrected chi connectivity index (χ1v) is 5.90. The monoisotopic (exact) mass is 295 g/mol. The summed E-state index contributed by atoms with van der Waals surface area (Å²) in [4.78, 5) is 7.96. The lowest BCUT2D eigenvalue weighted by molar-refractivity contribution is 0.366. The molecule has 0 spiro atoms. The van der Waals surface area contributed by atoms with Gasteiger partial charge in [0.2, 0.25) is 5.95 Å². The van der Waals surface area contributed by atoms with E-state index in [1.807, 2.05) is 24.3 Å². The molecule has 0 aliphatic heterocycles. The molecule has 1 aromatic heterocycles. The van der Waals surface area contributed by atoms with Crippen LogP contribution in [0.1, 0.15) is 18.8 Å². The van der Waals surface area contributed by atoms with Crippen molar-refractivity contribution in [3.05, 3.63) is 40.5 Å². The van der Waals surface area contributed by atoms with Crippen LogP contribution in [0.2, 0.25) is 0 Å². The van der Waals surface area contributed by atoms with Crippen LogP contribution in [0.15, 0.2) is 34.8 Å². The predicted molar refractivity (Wildman–Crippen MR) is 69.1 cm³/mol. The highest BCUT2D eigenvalue weighted by atomic mass is 79.9. The summed E-state index contributed by atoms with van der Waals surface area (Å²) in [5.41, 5.74) is 7.38. The molecule has 2 aromatic rings. The lowest BCUT2D eigenvalue weighted by Crippen LogP contribution is -2.01. The van der Waals surface area contributed by atoms with Crippen molar-refractivity contribution in [1.82, 2.24) is 9.97 Å². The van der Waals surface area contributed by atoms with Crippen molar-refractivity contribution >= 4 is 21.9 Å². The summed E-state index contributed by atoms with van der Waals surface area (Å²) in [6.07, 6.45) is -1.16. The number of nitrogens with zero attached hydrogens (tertiary/aromatic N) is 2. The van der Waals surface area contributed by atoms with E-state index in [0.29, 0.717) is 11.4 Å². The van der Waals surface area contributed by atoms with Gasteiger partial charge in [0.25, 0.3) is 0 Å². The minimum absolute atomic E-state index is 0.0879. The van der Waals surface area contributed by atoms with Crippen LogP contribution in [-0.2, 0) is 0 Å². The third-order valence-corrected chi connectivity index (χ3v) is 2.84. The molecule has 1 heterocycles. The maximum absolute atomic E-state index is 13.2. The molecule has 1 atom stereocenters. The van der Waals surface area contributed by atoms with Crippen molar-refractivity contribution in [3.8, 4) is 11.3 Å². The van der Waals surface area contributed by atoms with Crippen LogP contribution in [-0.4, -0.2) is 9.97 Å². The minimum Gasteiger partial charge on any atom is -0.368 e. The molecule has 88 valence electrons. The molecule has 17 heavy (non-hydrogen) atoms. The second kappa shape index (κ2) is 4.79. The number of nitrogens with two attached hydrogens (primary N) is 1. The first-order valence-electron chi connectivity index (χ1n) is 5.11. The molecule has 0 aliphatic rings. The van der Waals surface area contributed by atoms with Crippen molar-refractivity contribution in [1.29, 1.82) is 0 Å². The van der Waals surface area contributed by atoms with E-state index in [1.165, 1.54) is 6.92 Å². The minimum atomic E-state index is -1.16. The van der Waals surface area contributed by atoms with Gasteiger partial charge >= 0.3 is 0 Å². The lowest BCUT2D eigenvalue weighted by Gasteiger charge is -2.06. The lowest BCUT2D eigenvalue weighted by atomic mass is 10.1. The molecule has 0 aliphatic carbocycles. The fourth-order valence-electron chi connectivity index (χ4n) is 1.46. The van der Waals surface area contributed by atoms with Gasteiger partial charge in [-0.1, -0.05) is 28.1 Å². The quantitative estimate of drug-likeness (QED) is 0.922. The summed E-state index contributed by atoms with van der Waals surface area (Å²) in [5.74, 6) is 0.0879. The summed E-state index contributed by atoms with van der Waals surface area (Å²) in [6, 6.07) is 9.18. The largest absolute Gasteiger partial charge is 0.368 e. The molecule has 3 nitrogen and oxygen atoms in total. The van der Waals surface area contributed by atoms with Crippen molar-refractivity contribution in [2.75, 3.05) is 5.73 Å². The van der Waals surface area contributed by atoms with Gasteiger partial charge in [-0.25, -0.2) is 14.4 Å². The van der Waals surface area contributed by atoms with Crippen LogP contribution in [0.25, 0.3) is 11.3 Å². The summed E-state index contributed by atoms with van der Waals surface area (Å²) in [6.45, 7) is 1.42. The number of nitrogen functional groups attached to an aromatic ring is 1. The molecule has 0 amide bonds. The Morgan fingerprint density at radius 2 is 1.88 bits per heavy atom. The van der Waals surface area contributed by atoms with E-state index in [9.17, 15) is 4.39 Å². The van der Waals surface area contributed by atoms with Gasteiger partial charge in [0.05, 0.1) is 11.4 Å². The number of alkyl halides is 1. The van der Waals surface area contributed by atoms with E-state index in [0.717, 1.165) is 10.0 Å².